The van der Waals surface area contributed by atoms with Crippen LogP contribution in [-0.2, 0) is 0 Å². The zero-order valence-electron chi connectivity index (χ0n) is 13.9. The summed E-state index contributed by atoms with van der Waals surface area (Å²) in [7, 11) is 0. The van der Waals surface area contributed by atoms with E-state index >= 15 is 0 Å². The van der Waals surface area contributed by atoms with Crippen molar-refractivity contribution in [2.45, 2.75) is 47.0 Å². The lowest BCUT2D eigenvalue weighted by molar-refractivity contribution is 0.162. The highest BCUT2D eigenvalue weighted by molar-refractivity contribution is 5.79. The van der Waals surface area contributed by atoms with E-state index in [0.717, 1.165) is 43.9 Å². The SMILES string of the molecule is CCCNC(=NCC1CCCN(CC(C)C)C1)NCC. The van der Waals surface area contributed by atoms with Gasteiger partial charge in [0.25, 0.3) is 0 Å². The van der Waals surface area contributed by atoms with Crippen molar-refractivity contribution in [3.05, 3.63) is 0 Å². The maximum atomic E-state index is 4.76. The van der Waals surface area contributed by atoms with Gasteiger partial charge in [-0.15, -0.1) is 0 Å². The summed E-state index contributed by atoms with van der Waals surface area (Å²) < 4.78 is 0. The van der Waals surface area contributed by atoms with Crippen molar-refractivity contribution < 1.29 is 0 Å². The van der Waals surface area contributed by atoms with Gasteiger partial charge in [0, 0.05) is 32.7 Å². The Morgan fingerprint density at radius 1 is 1.30 bits per heavy atom. The van der Waals surface area contributed by atoms with Crippen LogP contribution in [0, 0.1) is 11.8 Å². The Hall–Kier alpha value is -0.770. The Morgan fingerprint density at radius 3 is 2.75 bits per heavy atom. The van der Waals surface area contributed by atoms with Gasteiger partial charge < -0.3 is 15.5 Å². The molecule has 4 nitrogen and oxygen atoms in total. The van der Waals surface area contributed by atoms with E-state index in [1.165, 1.54) is 32.5 Å². The molecule has 1 heterocycles. The van der Waals surface area contributed by atoms with Crippen LogP contribution >= 0.6 is 0 Å². The fraction of sp³-hybridized carbons (Fsp3) is 0.938. The second-order valence-electron chi connectivity index (χ2n) is 6.31. The van der Waals surface area contributed by atoms with Crippen molar-refractivity contribution in [1.82, 2.24) is 15.5 Å². The molecule has 1 atom stereocenters. The highest BCUT2D eigenvalue weighted by Gasteiger charge is 2.20. The minimum atomic E-state index is 0.722. The van der Waals surface area contributed by atoms with E-state index in [1.54, 1.807) is 0 Å². The van der Waals surface area contributed by atoms with Gasteiger partial charge in [0.2, 0.25) is 0 Å². The number of piperidine rings is 1. The van der Waals surface area contributed by atoms with Crippen LogP contribution in [0.1, 0.15) is 47.0 Å². The Labute approximate surface area is 125 Å². The molecule has 0 saturated carbocycles. The number of likely N-dealkylation sites (tertiary alicyclic amines) is 1. The minimum Gasteiger partial charge on any atom is -0.357 e. The first kappa shape index (κ1) is 17.3. The maximum absolute atomic E-state index is 4.76. The molecular formula is C16H34N4. The molecule has 0 bridgehead atoms. The Kier molecular flexibility index (Phi) is 8.67. The van der Waals surface area contributed by atoms with Crippen LogP contribution in [0.3, 0.4) is 0 Å². The highest BCUT2D eigenvalue weighted by Crippen LogP contribution is 2.17. The molecule has 0 amide bonds. The largest absolute Gasteiger partial charge is 0.357 e. The van der Waals surface area contributed by atoms with Gasteiger partial charge in [0.05, 0.1) is 0 Å². The first-order valence-electron chi connectivity index (χ1n) is 8.40. The van der Waals surface area contributed by atoms with Crippen molar-refractivity contribution in [2.24, 2.45) is 16.8 Å². The van der Waals surface area contributed by atoms with Gasteiger partial charge in [-0.3, -0.25) is 4.99 Å². The zero-order valence-corrected chi connectivity index (χ0v) is 13.9. The van der Waals surface area contributed by atoms with Gasteiger partial charge in [-0.2, -0.15) is 0 Å². The summed E-state index contributed by atoms with van der Waals surface area (Å²) in [5.41, 5.74) is 0. The van der Waals surface area contributed by atoms with E-state index in [9.17, 15) is 0 Å². The Balaban J connectivity index is 2.40. The topological polar surface area (TPSA) is 39.7 Å². The molecule has 0 aromatic rings. The van der Waals surface area contributed by atoms with Gasteiger partial charge in [0.1, 0.15) is 0 Å². The Morgan fingerprint density at radius 2 is 2.10 bits per heavy atom. The lowest BCUT2D eigenvalue weighted by Gasteiger charge is -2.33. The van der Waals surface area contributed by atoms with E-state index in [4.69, 9.17) is 4.99 Å². The van der Waals surface area contributed by atoms with Gasteiger partial charge in [-0.25, -0.2) is 0 Å². The summed E-state index contributed by atoms with van der Waals surface area (Å²) >= 11 is 0. The average Bonchev–Trinajstić information content (AvgIpc) is 2.41. The van der Waals surface area contributed by atoms with Crippen LogP contribution in [0.5, 0.6) is 0 Å². The first-order chi connectivity index (χ1) is 9.65. The van der Waals surface area contributed by atoms with E-state index < -0.39 is 0 Å². The van der Waals surface area contributed by atoms with Crippen molar-refractivity contribution in [3.8, 4) is 0 Å². The molecular weight excluding hydrogens is 248 g/mol. The second kappa shape index (κ2) is 10.0. The summed E-state index contributed by atoms with van der Waals surface area (Å²) in [6.45, 7) is 15.5. The summed E-state index contributed by atoms with van der Waals surface area (Å²) in [6, 6.07) is 0. The molecule has 1 saturated heterocycles. The molecule has 4 heteroatoms. The van der Waals surface area contributed by atoms with E-state index in [1.807, 2.05) is 0 Å². The molecule has 2 N–H and O–H groups in total. The van der Waals surface area contributed by atoms with Crippen molar-refractivity contribution in [1.29, 1.82) is 0 Å². The molecule has 1 unspecified atom stereocenters. The molecule has 1 fully saturated rings. The van der Waals surface area contributed by atoms with Crippen LogP contribution in [0.25, 0.3) is 0 Å². The number of hydrogen-bond donors (Lipinski definition) is 2. The summed E-state index contributed by atoms with van der Waals surface area (Å²) in [5.74, 6) is 2.47. The third-order valence-electron chi connectivity index (χ3n) is 3.62. The number of guanidine groups is 1. The third-order valence-corrected chi connectivity index (χ3v) is 3.62. The molecule has 0 aromatic carbocycles. The molecule has 0 spiro atoms. The highest BCUT2D eigenvalue weighted by atomic mass is 15.2. The monoisotopic (exact) mass is 282 g/mol. The molecule has 118 valence electrons. The smallest absolute Gasteiger partial charge is 0.191 e. The third kappa shape index (κ3) is 7.13. The number of hydrogen-bond acceptors (Lipinski definition) is 2. The van der Waals surface area contributed by atoms with E-state index in [0.29, 0.717) is 0 Å². The number of nitrogens with zero attached hydrogens (tertiary/aromatic N) is 2. The molecule has 0 aliphatic carbocycles. The normalized spacial score (nSPS) is 21.2. The van der Waals surface area contributed by atoms with E-state index in [2.05, 4.69) is 43.2 Å². The predicted molar refractivity (Wildman–Crippen MR) is 88.3 cm³/mol. The summed E-state index contributed by atoms with van der Waals surface area (Å²) in [6.07, 6.45) is 3.78. The van der Waals surface area contributed by atoms with Crippen LogP contribution in [0.2, 0.25) is 0 Å². The van der Waals surface area contributed by atoms with Gasteiger partial charge in [0.15, 0.2) is 5.96 Å². The number of aliphatic imine (C=N–C) groups is 1. The number of nitrogens with one attached hydrogen (secondary N) is 2. The second-order valence-corrected chi connectivity index (χ2v) is 6.31. The fourth-order valence-corrected chi connectivity index (χ4v) is 2.79. The first-order valence-corrected chi connectivity index (χ1v) is 8.40. The van der Waals surface area contributed by atoms with Gasteiger partial charge in [-0.05, 0) is 44.6 Å². The molecule has 1 aliphatic rings. The zero-order chi connectivity index (χ0) is 14.8. The van der Waals surface area contributed by atoms with Crippen molar-refractivity contribution in [3.63, 3.8) is 0 Å². The standard InChI is InChI=1S/C16H34N4/c1-5-9-18-16(17-6-2)19-11-15-8-7-10-20(13-15)12-14(3)4/h14-15H,5-13H2,1-4H3,(H2,17,18,19). The van der Waals surface area contributed by atoms with Crippen LogP contribution < -0.4 is 10.6 Å². The summed E-state index contributed by atoms with van der Waals surface area (Å²) in [5, 5.41) is 6.70. The van der Waals surface area contributed by atoms with Crippen LogP contribution in [0.15, 0.2) is 4.99 Å². The summed E-state index contributed by atoms with van der Waals surface area (Å²) in [4.78, 5) is 7.37. The molecule has 1 rings (SSSR count). The van der Waals surface area contributed by atoms with Crippen LogP contribution in [-0.4, -0.2) is 50.1 Å². The van der Waals surface area contributed by atoms with Crippen molar-refractivity contribution >= 4 is 5.96 Å². The maximum Gasteiger partial charge on any atom is 0.191 e. The quantitative estimate of drug-likeness (QED) is 0.556. The van der Waals surface area contributed by atoms with Crippen LogP contribution in [0.4, 0.5) is 0 Å². The molecule has 1 aliphatic heterocycles. The molecule has 0 aromatic heterocycles. The minimum absolute atomic E-state index is 0.722. The molecule has 0 radical (unpaired) electrons. The lowest BCUT2D eigenvalue weighted by Crippen LogP contribution is -2.40. The van der Waals surface area contributed by atoms with Crippen molar-refractivity contribution in [2.75, 3.05) is 39.3 Å². The fourth-order valence-electron chi connectivity index (χ4n) is 2.79. The number of rotatable bonds is 7. The average molecular weight is 282 g/mol. The Bertz CT molecular complexity index is 276. The lowest BCUT2D eigenvalue weighted by atomic mass is 9.97. The van der Waals surface area contributed by atoms with Gasteiger partial charge >= 0.3 is 0 Å². The van der Waals surface area contributed by atoms with Gasteiger partial charge in [-0.1, -0.05) is 20.8 Å². The molecule has 20 heavy (non-hydrogen) atoms. The predicted octanol–water partition coefficient (Wildman–Crippen LogP) is 2.32. The van der Waals surface area contributed by atoms with E-state index in [-0.39, 0.29) is 0 Å².